The maximum absolute atomic E-state index is 11.6. The zero-order valence-corrected chi connectivity index (χ0v) is 20.0. The van der Waals surface area contributed by atoms with Crippen molar-refractivity contribution in [2.75, 3.05) is 18.8 Å². The molecule has 1 aliphatic heterocycles. The fraction of sp³-hybridized carbons (Fsp3) is 0.250. The number of pyridine rings is 1. The fourth-order valence-electron chi connectivity index (χ4n) is 4.30. The van der Waals surface area contributed by atoms with Crippen LogP contribution in [0.1, 0.15) is 25.8 Å². The van der Waals surface area contributed by atoms with Crippen LogP contribution in [0.5, 0.6) is 0 Å². The molecule has 1 fully saturated rings. The van der Waals surface area contributed by atoms with Gasteiger partial charge in [-0.1, -0.05) is 29.3 Å². The molecule has 5 rings (SSSR count). The molecule has 0 bridgehead atoms. The van der Waals surface area contributed by atoms with Gasteiger partial charge in [-0.3, -0.25) is 9.48 Å². The Morgan fingerprint density at radius 2 is 1.82 bits per heavy atom. The van der Waals surface area contributed by atoms with Crippen LogP contribution in [-0.4, -0.2) is 48.6 Å². The molecule has 0 saturated carbocycles. The van der Waals surface area contributed by atoms with E-state index >= 15 is 0 Å². The Morgan fingerprint density at radius 3 is 2.53 bits per heavy atom. The molecule has 3 aromatic heterocycles. The first kappa shape index (κ1) is 22.4. The van der Waals surface area contributed by atoms with Gasteiger partial charge >= 0.3 is 0 Å². The zero-order chi connectivity index (χ0) is 23.8. The number of carbonyl (C=O) groups excluding carboxylic acids is 1. The molecular formula is C24H23Cl2N7O. The molecule has 3 N–H and O–H groups in total. The molecule has 0 radical (unpaired) electrons. The summed E-state index contributed by atoms with van der Waals surface area (Å²) in [6.45, 7) is 3.11. The third kappa shape index (κ3) is 4.26. The Labute approximate surface area is 206 Å². The third-order valence-corrected chi connectivity index (χ3v) is 6.83. The number of rotatable bonds is 4. The van der Waals surface area contributed by atoms with Gasteiger partial charge in [0.2, 0.25) is 5.91 Å². The first-order valence-electron chi connectivity index (χ1n) is 11.0. The molecule has 174 valence electrons. The maximum atomic E-state index is 11.6. The zero-order valence-electron chi connectivity index (χ0n) is 18.5. The van der Waals surface area contributed by atoms with E-state index < -0.39 is 0 Å². The Bertz CT molecular complexity index is 1330. The number of aromatic amines is 1. The van der Waals surface area contributed by atoms with Gasteiger partial charge in [0.05, 0.1) is 39.7 Å². The van der Waals surface area contributed by atoms with Crippen LogP contribution in [0.2, 0.25) is 10.0 Å². The predicted octanol–water partition coefficient (Wildman–Crippen LogP) is 5.07. The summed E-state index contributed by atoms with van der Waals surface area (Å²) in [7, 11) is 0. The van der Waals surface area contributed by atoms with Gasteiger partial charge in [0.1, 0.15) is 11.6 Å². The molecule has 10 heteroatoms. The lowest BCUT2D eigenvalue weighted by Gasteiger charge is -2.31. The fourth-order valence-corrected chi connectivity index (χ4v) is 4.90. The van der Waals surface area contributed by atoms with Crippen LogP contribution in [0.25, 0.3) is 33.8 Å². The van der Waals surface area contributed by atoms with E-state index in [0.29, 0.717) is 38.5 Å². The van der Waals surface area contributed by atoms with Gasteiger partial charge < -0.3 is 15.6 Å². The molecule has 0 atom stereocenters. The van der Waals surface area contributed by atoms with E-state index in [-0.39, 0.29) is 11.9 Å². The summed E-state index contributed by atoms with van der Waals surface area (Å²) in [4.78, 5) is 25.6. The molecule has 34 heavy (non-hydrogen) atoms. The smallest absolute Gasteiger partial charge is 0.219 e. The number of likely N-dealkylation sites (tertiary alicyclic amines) is 1. The maximum Gasteiger partial charge on any atom is 0.219 e. The Morgan fingerprint density at radius 1 is 1.09 bits per heavy atom. The average Bonchev–Trinajstić information content (AvgIpc) is 3.50. The lowest BCUT2D eigenvalue weighted by atomic mass is 10.1. The normalized spacial score (nSPS) is 14.5. The average molecular weight is 496 g/mol. The van der Waals surface area contributed by atoms with Crippen molar-refractivity contribution in [3.63, 3.8) is 0 Å². The number of imidazole rings is 1. The molecule has 0 aliphatic carbocycles. The van der Waals surface area contributed by atoms with Crippen LogP contribution in [0.4, 0.5) is 5.82 Å². The Balaban J connectivity index is 1.41. The van der Waals surface area contributed by atoms with Crippen LogP contribution in [-0.2, 0) is 4.79 Å². The number of anilines is 1. The predicted molar refractivity (Wildman–Crippen MR) is 133 cm³/mol. The van der Waals surface area contributed by atoms with Crippen LogP contribution >= 0.6 is 23.2 Å². The summed E-state index contributed by atoms with van der Waals surface area (Å²) >= 11 is 12.7. The van der Waals surface area contributed by atoms with E-state index in [1.54, 1.807) is 37.5 Å². The largest absolute Gasteiger partial charge is 0.383 e. The second-order valence-corrected chi connectivity index (χ2v) is 9.16. The van der Waals surface area contributed by atoms with Gasteiger partial charge in [-0.25, -0.2) is 9.97 Å². The molecule has 0 spiro atoms. The van der Waals surface area contributed by atoms with Crippen LogP contribution < -0.4 is 5.73 Å². The van der Waals surface area contributed by atoms with Crippen LogP contribution in [0, 0.1) is 0 Å². The highest BCUT2D eigenvalue weighted by Crippen LogP contribution is 2.36. The number of piperidine rings is 1. The molecule has 8 nitrogen and oxygen atoms in total. The Kier molecular flexibility index (Phi) is 6.02. The number of benzene rings is 1. The van der Waals surface area contributed by atoms with Crippen molar-refractivity contribution in [2.45, 2.75) is 25.8 Å². The van der Waals surface area contributed by atoms with E-state index in [2.05, 4.69) is 20.1 Å². The second kappa shape index (κ2) is 9.12. The number of nitrogens with one attached hydrogen (secondary N) is 1. The summed E-state index contributed by atoms with van der Waals surface area (Å²) in [6.07, 6.45) is 9.01. The van der Waals surface area contributed by atoms with Gasteiger partial charge in [0, 0.05) is 49.1 Å². The lowest BCUT2D eigenvalue weighted by molar-refractivity contribution is -0.130. The first-order chi connectivity index (χ1) is 16.4. The van der Waals surface area contributed by atoms with E-state index in [4.69, 9.17) is 28.9 Å². The molecule has 1 amide bonds. The summed E-state index contributed by atoms with van der Waals surface area (Å²) in [5.74, 6) is 1.05. The van der Waals surface area contributed by atoms with Crippen molar-refractivity contribution in [2.24, 2.45) is 0 Å². The number of aromatic nitrogens is 5. The topological polar surface area (TPSA) is 106 Å². The van der Waals surface area contributed by atoms with Crippen molar-refractivity contribution in [3.05, 3.63) is 59.1 Å². The first-order valence-corrected chi connectivity index (χ1v) is 11.7. The summed E-state index contributed by atoms with van der Waals surface area (Å²) in [6, 6.07) is 7.56. The second-order valence-electron chi connectivity index (χ2n) is 8.35. The van der Waals surface area contributed by atoms with E-state index in [9.17, 15) is 4.79 Å². The van der Waals surface area contributed by atoms with Crippen molar-refractivity contribution >= 4 is 34.9 Å². The van der Waals surface area contributed by atoms with E-state index in [1.165, 1.54) is 0 Å². The van der Waals surface area contributed by atoms with E-state index in [1.807, 2.05) is 28.0 Å². The van der Waals surface area contributed by atoms with Gasteiger partial charge in [0.15, 0.2) is 0 Å². The van der Waals surface area contributed by atoms with Crippen molar-refractivity contribution in [1.82, 2.24) is 29.6 Å². The summed E-state index contributed by atoms with van der Waals surface area (Å²) in [5.41, 5.74) is 10.1. The summed E-state index contributed by atoms with van der Waals surface area (Å²) in [5, 5.41) is 5.64. The molecular weight excluding hydrogens is 473 g/mol. The van der Waals surface area contributed by atoms with Crippen molar-refractivity contribution < 1.29 is 4.79 Å². The SMILES string of the molecule is CC(=O)N1CCC(n2cc(-c3cnc(N)c(-c4ncc(-c5c(Cl)cccc5Cl)[nH]4)c3)cn2)CC1. The van der Waals surface area contributed by atoms with Gasteiger partial charge in [-0.2, -0.15) is 5.10 Å². The molecule has 1 saturated heterocycles. The number of hydrogen-bond acceptors (Lipinski definition) is 5. The molecule has 4 aromatic rings. The molecule has 1 aliphatic rings. The molecule has 1 aromatic carbocycles. The quantitative estimate of drug-likeness (QED) is 0.410. The number of amides is 1. The number of nitrogens with two attached hydrogens (primary N) is 1. The van der Waals surface area contributed by atoms with E-state index in [0.717, 1.165) is 37.1 Å². The number of nitrogens with zero attached hydrogens (tertiary/aromatic N) is 5. The lowest BCUT2D eigenvalue weighted by Crippen LogP contribution is -2.37. The number of halogens is 2. The highest BCUT2D eigenvalue weighted by molar-refractivity contribution is 6.39. The molecule has 4 heterocycles. The van der Waals surface area contributed by atoms with Crippen LogP contribution in [0.3, 0.4) is 0 Å². The monoisotopic (exact) mass is 495 g/mol. The minimum absolute atomic E-state index is 0.123. The number of nitrogen functional groups attached to an aromatic ring is 1. The highest BCUT2D eigenvalue weighted by atomic mass is 35.5. The third-order valence-electron chi connectivity index (χ3n) is 6.20. The minimum atomic E-state index is 0.123. The number of carbonyl (C=O) groups is 1. The summed E-state index contributed by atoms with van der Waals surface area (Å²) < 4.78 is 1.98. The van der Waals surface area contributed by atoms with Gasteiger partial charge in [-0.15, -0.1) is 0 Å². The number of H-pyrrole nitrogens is 1. The number of hydrogen-bond donors (Lipinski definition) is 2. The standard InChI is InChI=1S/C24H23Cl2N7O/c1-14(34)32-7-5-17(6-8-32)33-13-16(11-30-33)15-9-18(23(27)28-10-15)24-29-12-21(31-24)22-19(25)3-2-4-20(22)26/h2-4,9-13,17H,5-8H2,1H3,(H2,27,28)(H,29,31). The molecule has 0 unspecified atom stereocenters. The van der Waals surface area contributed by atoms with Gasteiger partial charge in [-0.05, 0) is 31.0 Å². The minimum Gasteiger partial charge on any atom is -0.383 e. The van der Waals surface area contributed by atoms with Gasteiger partial charge in [0.25, 0.3) is 0 Å². The van der Waals surface area contributed by atoms with Crippen molar-refractivity contribution in [3.8, 4) is 33.8 Å². The van der Waals surface area contributed by atoms with Crippen LogP contribution in [0.15, 0.2) is 49.1 Å². The highest BCUT2D eigenvalue weighted by Gasteiger charge is 2.23. The Hall–Kier alpha value is -3.36. The van der Waals surface area contributed by atoms with Crippen molar-refractivity contribution in [1.29, 1.82) is 0 Å².